The lowest BCUT2D eigenvalue weighted by molar-refractivity contribution is 0.129. The Labute approximate surface area is 123 Å². The minimum absolute atomic E-state index is 0.610. The molecule has 2 fully saturated rings. The largest absolute Gasteiger partial charge is 0.145 e. The molecule has 0 spiro atoms. The summed E-state index contributed by atoms with van der Waals surface area (Å²) in [5.74, 6) is 2.99. The number of fused-ring (bicyclic) bond motifs is 1. The molecule has 1 aromatic rings. The zero-order valence-corrected chi connectivity index (χ0v) is 13.6. The molecular weight excluding hydrogens is 304 g/mol. The maximum Gasteiger partial charge on any atom is 0.0517 e. The fourth-order valence-electron chi connectivity index (χ4n) is 4.01. The summed E-state index contributed by atoms with van der Waals surface area (Å²) in [6.07, 6.45) is 10.4. The van der Waals surface area contributed by atoms with Crippen molar-refractivity contribution < 1.29 is 0 Å². The molecule has 4 unspecified atom stereocenters. The summed E-state index contributed by atoms with van der Waals surface area (Å²) in [6.45, 7) is 2.21. The lowest BCUT2D eigenvalue weighted by Crippen LogP contribution is -2.29. The maximum atomic E-state index is 3.99. The molecule has 0 bridgehead atoms. The molecule has 2 aliphatic rings. The van der Waals surface area contributed by atoms with Gasteiger partial charge < -0.3 is 0 Å². The fraction of sp³-hybridized carbons (Fsp3) is 0.750. The Hall–Kier alpha value is 0.180. The molecule has 1 heterocycles. The second kappa shape index (κ2) is 5.66. The normalized spacial score (nSPS) is 34.0. The predicted octanol–water partition coefficient (Wildman–Crippen LogP) is 6.10. The summed E-state index contributed by atoms with van der Waals surface area (Å²) >= 11 is 5.96. The van der Waals surface area contributed by atoms with Gasteiger partial charge in [-0.25, -0.2) is 0 Å². The first-order chi connectivity index (χ1) is 8.74. The van der Waals surface area contributed by atoms with Crippen LogP contribution < -0.4 is 0 Å². The van der Waals surface area contributed by atoms with E-state index in [0.717, 1.165) is 17.8 Å². The lowest BCUT2D eigenvalue weighted by atomic mass is 9.67. The van der Waals surface area contributed by atoms with Gasteiger partial charge in [0, 0.05) is 9.75 Å². The topological polar surface area (TPSA) is 0 Å². The van der Waals surface area contributed by atoms with E-state index in [0.29, 0.717) is 4.83 Å². The molecule has 1 aromatic heterocycles. The van der Waals surface area contributed by atoms with E-state index < -0.39 is 0 Å². The van der Waals surface area contributed by atoms with E-state index in [4.69, 9.17) is 0 Å². The number of halogens is 1. The molecule has 2 saturated carbocycles. The Morgan fingerprint density at radius 2 is 1.89 bits per heavy atom. The van der Waals surface area contributed by atoms with Crippen LogP contribution >= 0.6 is 27.3 Å². The van der Waals surface area contributed by atoms with Crippen molar-refractivity contribution in [2.24, 2.45) is 17.8 Å². The van der Waals surface area contributed by atoms with E-state index >= 15 is 0 Å². The molecule has 4 atom stereocenters. The maximum absolute atomic E-state index is 3.99. The first kappa shape index (κ1) is 13.2. The average molecular weight is 327 g/mol. The molecule has 100 valence electrons. The lowest BCUT2D eigenvalue weighted by Gasteiger charge is -2.40. The third-order valence-electron chi connectivity index (χ3n) is 5.03. The predicted molar refractivity (Wildman–Crippen MR) is 83.5 cm³/mol. The summed E-state index contributed by atoms with van der Waals surface area (Å²) < 4.78 is 0. The highest BCUT2D eigenvalue weighted by Gasteiger charge is 2.35. The van der Waals surface area contributed by atoms with Crippen molar-refractivity contribution in [1.82, 2.24) is 0 Å². The molecule has 2 aliphatic carbocycles. The number of rotatable bonds is 2. The smallest absolute Gasteiger partial charge is 0.0517 e. The van der Waals surface area contributed by atoms with Crippen LogP contribution in [0.3, 0.4) is 0 Å². The minimum atomic E-state index is 0.610. The van der Waals surface area contributed by atoms with Gasteiger partial charge in [-0.15, -0.1) is 11.3 Å². The average Bonchev–Trinajstić information content (AvgIpc) is 2.84. The first-order valence-electron chi connectivity index (χ1n) is 7.44. The minimum Gasteiger partial charge on any atom is -0.145 e. The standard InChI is InChI=1S/C16H23BrS/c1-11-6-9-15(18-11)16(17)14-8-7-12-4-2-3-5-13(12)10-14/h6,9,12-14,16H,2-5,7-8,10H2,1H3. The van der Waals surface area contributed by atoms with E-state index in [2.05, 4.69) is 35.0 Å². The molecule has 0 radical (unpaired) electrons. The molecule has 2 heteroatoms. The third-order valence-corrected chi connectivity index (χ3v) is 7.65. The molecule has 18 heavy (non-hydrogen) atoms. The van der Waals surface area contributed by atoms with Crippen molar-refractivity contribution in [2.45, 2.75) is 56.7 Å². The van der Waals surface area contributed by atoms with Gasteiger partial charge in [-0.05, 0) is 56.1 Å². The number of hydrogen-bond donors (Lipinski definition) is 0. The number of aryl methyl sites for hydroxylation is 1. The van der Waals surface area contributed by atoms with Gasteiger partial charge in [0.15, 0.2) is 0 Å². The quantitative estimate of drug-likeness (QED) is 0.576. The fourth-order valence-corrected chi connectivity index (χ4v) is 5.87. The van der Waals surface area contributed by atoms with Gasteiger partial charge in [0.2, 0.25) is 0 Å². The summed E-state index contributed by atoms with van der Waals surface area (Å²) in [7, 11) is 0. The summed E-state index contributed by atoms with van der Waals surface area (Å²) in [6, 6.07) is 4.59. The van der Waals surface area contributed by atoms with Crippen LogP contribution in [0.1, 0.15) is 59.5 Å². The first-order valence-corrected chi connectivity index (χ1v) is 9.17. The number of alkyl halides is 1. The molecular formula is C16H23BrS. The van der Waals surface area contributed by atoms with Gasteiger partial charge in [-0.2, -0.15) is 0 Å². The van der Waals surface area contributed by atoms with Crippen LogP contribution in [0, 0.1) is 24.7 Å². The van der Waals surface area contributed by atoms with Gasteiger partial charge in [-0.3, -0.25) is 0 Å². The second-order valence-corrected chi connectivity index (χ2v) is 8.53. The SMILES string of the molecule is Cc1ccc(C(Br)C2CCC3CCCCC3C2)s1. The highest BCUT2D eigenvalue weighted by Crippen LogP contribution is 2.49. The van der Waals surface area contributed by atoms with Crippen LogP contribution in [0.4, 0.5) is 0 Å². The molecule has 0 N–H and O–H groups in total. The van der Waals surface area contributed by atoms with Crippen LogP contribution in [0.15, 0.2) is 12.1 Å². The van der Waals surface area contributed by atoms with Gasteiger partial charge >= 0.3 is 0 Å². The van der Waals surface area contributed by atoms with E-state index in [1.807, 2.05) is 11.3 Å². The number of hydrogen-bond acceptors (Lipinski definition) is 1. The Morgan fingerprint density at radius 3 is 2.61 bits per heavy atom. The van der Waals surface area contributed by atoms with E-state index in [-0.39, 0.29) is 0 Å². The Kier molecular flexibility index (Phi) is 4.15. The van der Waals surface area contributed by atoms with Crippen molar-refractivity contribution in [1.29, 1.82) is 0 Å². The van der Waals surface area contributed by atoms with Crippen molar-refractivity contribution >= 4 is 27.3 Å². The van der Waals surface area contributed by atoms with Crippen LogP contribution in [-0.2, 0) is 0 Å². The van der Waals surface area contributed by atoms with Crippen molar-refractivity contribution in [3.63, 3.8) is 0 Å². The monoisotopic (exact) mass is 326 g/mol. The third kappa shape index (κ3) is 2.70. The van der Waals surface area contributed by atoms with Gasteiger partial charge in [-0.1, -0.05) is 41.6 Å². The van der Waals surface area contributed by atoms with E-state index in [9.17, 15) is 0 Å². The van der Waals surface area contributed by atoms with Gasteiger partial charge in [0.25, 0.3) is 0 Å². The van der Waals surface area contributed by atoms with Crippen LogP contribution in [0.5, 0.6) is 0 Å². The van der Waals surface area contributed by atoms with E-state index in [1.165, 1.54) is 49.8 Å². The molecule has 0 aliphatic heterocycles. The Morgan fingerprint density at radius 1 is 1.11 bits per heavy atom. The van der Waals surface area contributed by atoms with Gasteiger partial charge in [0.1, 0.15) is 0 Å². The summed E-state index contributed by atoms with van der Waals surface area (Å²) in [5, 5.41) is 0. The van der Waals surface area contributed by atoms with Crippen molar-refractivity contribution in [2.75, 3.05) is 0 Å². The molecule has 0 saturated heterocycles. The van der Waals surface area contributed by atoms with Crippen molar-refractivity contribution in [3.8, 4) is 0 Å². The molecule has 0 aromatic carbocycles. The highest BCUT2D eigenvalue weighted by atomic mass is 79.9. The second-order valence-electron chi connectivity index (χ2n) is 6.23. The van der Waals surface area contributed by atoms with Crippen LogP contribution in [0.2, 0.25) is 0 Å². The summed E-state index contributed by atoms with van der Waals surface area (Å²) in [5.41, 5.74) is 0. The molecule has 3 rings (SSSR count). The zero-order valence-electron chi connectivity index (χ0n) is 11.2. The molecule has 0 amide bonds. The van der Waals surface area contributed by atoms with Gasteiger partial charge in [0.05, 0.1) is 4.83 Å². The van der Waals surface area contributed by atoms with E-state index in [1.54, 1.807) is 4.88 Å². The highest BCUT2D eigenvalue weighted by molar-refractivity contribution is 9.09. The molecule has 0 nitrogen and oxygen atoms in total. The van der Waals surface area contributed by atoms with Crippen LogP contribution in [-0.4, -0.2) is 0 Å². The summed E-state index contributed by atoms with van der Waals surface area (Å²) in [4.78, 5) is 3.60. The van der Waals surface area contributed by atoms with Crippen LogP contribution in [0.25, 0.3) is 0 Å². The number of thiophene rings is 1. The zero-order chi connectivity index (χ0) is 12.5. The Bertz CT molecular complexity index is 398. The Balaban J connectivity index is 1.66. The van der Waals surface area contributed by atoms with Crippen molar-refractivity contribution in [3.05, 3.63) is 21.9 Å².